The normalized spacial score (nSPS) is 17.4. The van der Waals surface area contributed by atoms with Crippen LogP contribution in [0.1, 0.15) is 24.0 Å². The number of methoxy groups -OCH3 is 2. The lowest BCUT2D eigenvalue weighted by Gasteiger charge is -2.30. The number of amides is 2. The molecule has 0 unspecified atom stereocenters. The molecular formula is C19H26N2O5. The predicted octanol–water partition coefficient (Wildman–Crippen LogP) is 1.13. The molecule has 0 atom stereocenters. The van der Waals surface area contributed by atoms with Crippen LogP contribution in [-0.2, 0) is 27.3 Å². The van der Waals surface area contributed by atoms with E-state index in [-0.39, 0.29) is 24.3 Å². The van der Waals surface area contributed by atoms with E-state index in [4.69, 9.17) is 14.2 Å². The highest BCUT2D eigenvalue weighted by atomic mass is 16.5. The van der Waals surface area contributed by atoms with E-state index >= 15 is 0 Å². The summed E-state index contributed by atoms with van der Waals surface area (Å²) in [6, 6.07) is 3.90. The maximum absolute atomic E-state index is 12.5. The monoisotopic (exact) mass is 362 g/mol. The molecule has 1 aromatic rings. The number of rotatable bonds is 5. The molecule has 2 aliphatic rings. The second-order valence-electron chi connectivity index (χ2n) is 6.65. The van der Waals surface area contributed by atoms with Crippen molar-refractivity contribution in [3.8, 4) is 11.5 Å². The topological polar surface area (TPSA) is 77.1 Å². The van der Waals surface area contributed by atoms with Crippen LogP contribution < -0.4 is 14.8 Å². The number of carbonyl (C=O) groups excluding carboxylic acids is 2. The van der Waals surface area contributed by atoms with Crippen LogP contribution in [-0.4, -0.2) is 57.2 Å². The molecule has 0 spiro atoms. The SMILES string of the molecule is COc1cc2c(cc1OC)CN(C(=O)CNC(=O)C1CCOCC1)CC2. The molecule has 2 amide bonds. The highest BCUT2D eigenvalue weighted by molar-refractivity contribution is 5.86. The molecule has 7 nitrogen and oxygen atoms in total. The first-order chi connectivity index (χ1) is 12.6. The number of nitrogens with zero attached hydrogens (tertiary/aromatic N) is 1. The predicted molar refractivity (Wildman–Crippen MR) is 95.2 cm³/mol. The molecule has 1 N–H and O–H groups in total. The van der Waals surface area contributed by atoms with Gasteiger partial charge in [0.15, 0.2) is 11.5 Å². The van der Waals surface area contributed by atoms with E-state index in [0.717, 1.165) is 30.4 Å². The Kier molecular flexibility index (Phi) is 5.98. The number of nitrogens with one attached hydrogen (secondary N) is 1. The smallest absolute Gasteiger partial charge is 0.242 e. The van der Waals surface area contributed by atoms with Crippen LogP contribution in [0.15, 0.2) is 12.1 Å². The molecule has 2 heterocycles. The van der Waals surface area contributed by atoms with E-state index in [1.165, 1.54) is 0 Å². The first-order valence-electron chi connectivity index (χ1n) is 8.99. The molecule has 1 fully saturated rings. The summed E-state index contributed by atoms with van der Waals surface area (Å²) < 4.78 is 16.0. The third-order valence-corrected chi connectivity index (χ3v) is 5.08. The zero-order chi connectivity index (χ0) is 18.5. The summed E-state index contributed by atoms with van der Waals surface area (Å²) in [6.07, 6.45) is 2.20. The Balaban J connectivity index is 1.57. The van der Waals surface area contributed by atoms with Crippen molar-refractivity contribution in [3.05, 3.63) is 23.3 Å². The van der Waals surface area contributed by atoms with Gasteiger partial charge in [-0.1, -0.05) is 0 Å². The van der Waals surface area contributed by atoms with E-state index in [2.05, 4.69) is 5.32 Å². The van der Waals surface area contributed by atoms with Crippen LogP contribution in [0.5, 0.6) is 11.5 Å². The van der Waals surface area contributed by atoms with Gasteiger partial charge in [-0.25, -0.2) is 0 Å². The largest absolute Gasteiger partial charge is 0.493 e. The van der Waals surface area contributed by atoms with Gasteiger partial charge in [-0.05, 0) is 42.5 Å². The molecule has 0 bridgehead atoms. The molecule has 0 saturated carbocycles. The third-order valence-electron chi connectivity index (χ3n) is 5.08. The molecule has 26 heavy (non-hydrogen) atoms. The number of hydrogen-bond donors (Lipinski definition) is 1. The second-order valence-corrected chi connectivity index (χ2v) is 6.65. The van der Waals surface area contributed by atoms with Crippen LogP contribution in [0.25, 0.3) is 0 Å². The minimum atomic E-state index is -0.0640. The lowest BCUT2D eigenvalue weighted by atomic mass is 9.98. The third kappa shape index (κ3) is 4.09. The minimum absolute atomic E-state index is 0.0405. The van der Waals surface area contributed by atoms with Gasteiger partial charge >= 0.3 is 0 Å². The minimum Gasteiger partial charge on any atom is -0.493 e. The maximum atomic E-state index is 12.5. The molecule has 3 rings (SSSR count). The van der Waals surface area contributed by atoms with Crippen molar-refractivity contribution in [2.45, 2.75) is 25.8 Å². The molecule has 1 saturated heterocycles. The summed E-state index contributed by atoms with van der Waals surface area (Å²) in [7, 11) is 3.21. The number of fused-ring (bicyclic) bond motifs is 1. The summed E-state index contributed by atoms with van der Waals surface area (Å²) in [5, 5.41) is 2.78. The number of ether oxygens (including phenoxy) is 3. The van der Waals surface area contributed by atoms with E-state index in [9.17, 15) is 9.59 Å². The van der Waals surface area contributed by atoms with E-state index in [1.807, 2.05) is 12.1 Å². The molecular weight excluding hydrogens is 336 g/mol. The number of carbonyl (C=O) groups is 2. The summed E-state index contributed by atoms with van der Waals surface area (Å²) in [5.74, 6) is 1.20. The van der Waals surface area contributed by atoms with Gasteiger partial charge in [0.05, 0.1) is 20.8 Å². The zero-order valence-electron chi connectivity index (χ0n) is 15.4. The summed E-state index contributed by atoms with van der Waals surface area (Å²) in [5.41, 5.74) is 2.22. The number of hydrogen-bond acceptors (Lipinski definition) is 5. The highest BCUT2D eigenvalue weighted by Crippen LogP contribution is 2.33. The maximum Gasteiger partial charge on any atom is 0.242 e. The Morgan fingerprint density at radius 3 is 2.46 bits per heavy atom. The van der Waals surface area contributed by atoms with Crippen molar-refractivity contribution in [3.63, 3.8) is 0 Å². The van der Waals surface area contributed by atoms with Crippen molar-refractivity contribution >= 4 is 11.8 Å². The summed E-state index contributed by atoms with van der Waals surface area (Å²) >= 11 is 0. The first kappa shape index (κ1) is 18.5. The number of benzene rings is 1. The average Bonchev–Trinajstić information content (AvgIpc) is 2.70. The Hall–Kier alpha value is -2.28. The van der Waals surface area contributed by atoms with Crippen molar-refractivity contribution < 1.29 is 23.8 Å². The Labute approximate surface area is 153 Å². The highest BCUT2D eigenvalue weighted by Gasteiger charge is 2.25. The lowest BCUT2D eigenvalue weighted by molar-refractivity contribution is -0.135. The summed E-state index contributed by atoms with van der Waals surface area (Å²) in [6.45, 7) is 2.41. The van der Waals surface area contributed by atoms with Crippen molar-refractivity contribution in [1.82, 2.24) is 10.2 Å². The fourth-order valence-electron chi connectivity index (χ4n) is 3.47. The van der Waals surface area contributed by atoms with Crippen molar-refractivity contribution in [1.29, 1.82) is 0 Å². The lowest BCUT2D eigenvalue weighted by Crippen LogP contribution is -2.44. The van der Waals surface area contributed by atoms with Gasteiger partial charge in [0.1, 0.15) is 0 Å². The molecule has 7 heteroatoms. The quantitative estimate of drug-likeness (QED) is 0.850. The van der Waals surface area contributed by atoms with Crippen LogP contribution >= 0.6 is 0 Å². The van der Waals surface area contributed by atoms with Gasteiger partial charge in [-0.15, -0.1) is 0 Å². The molecule has 0 radical (unpaired) electrons. The fraction of sp³-hybridized carbons (Fsp3) is 0.579. The van der Waals surface area contributed by atoms with Gasteiger partial charge in [-0.2, -0.15) is 0 Å². The van der Waals surface area contributed by atoms with Gasteiger partial charge < -0.3 is 24.4 Å². The Morgan fingerprint density at radius 2 is 1.81 bits per heavy atom. The van der Waals surface area contributed by atoms with E-state index in [1.54, 1.807) is 19.1 Å². The summed E-state index contributed by atoms with van der Waals surface area (Å²) in [4.78, 5) is 26.4. The molecule has 0 aromatic heterocycles. The van der Waals surface area contributed by atoms with Crippen molar-refractivity contribution in [2.75, 3.05) is 40.5 Å². The van der Waals surface area contributed by atoms with Crippen LogP contribution in [0.2, 0.25) is 0 Å². The van der Waals surface area contributed by atoms with Gasteiger partial charge in [0.2, 0.25) is 11.8 Å². The first-order valence-corrected chi connectivity index (χ1v) is 8.99. The van der Waals surface area contributed by atoms with E-state index in [0.29, 0.717) is 37.8 Å². The van der Waals surface area contributed by atoms with Crippen LogP contribution in [0, 0.1) is 5.92 Å². The van der Waals surface area contributed by atoms with Gasteiger partial charge in [0, 0.05) is 32.2 Å². The molecule has 2 aliphatic heterocycles. The molecule has 142 valence electrons. The van der Waals surface area contributed by atoms with Crippen molar-refractivity contribution in [2.24, 2.45) is 5.92 Å². The Morgan fingerprint density at radius 1 is 1.15 bits per heavy atom. The van der Waals surface area contributed by atoms with Gasteiger partial charge in [0.25, 0.3) is 0 Å². The van der Waals surface area contributed by atoms with Crippen LogP contribution in [0.3, 0.4) is 0 Å². The van der Waals surface area contributed by atoms with Gasteiger partial charge in [-0.3, -0.25) is 9.59 Å². The Bertz CT molecular complexity index is 670. The second kappa shape index (κ2) is 8.40. The van der Waals surface area contributed by atoms with Crippen LogP contribution in [0.4, 0.5) is 0 Å². The molecule has 1 aromatic carbocycles. The average molecular weight is 362 g/mol. The standard InChI is InChI=1S/C19H26N2O5/c1-24-16-9-14-3-6-21(12-15(14)10-17(16)25-2)18(22)11-20-19(23)13-4-7-26-8-5-13/h9-10,13H,3-8,11-12H2,1-2H3,(H,20,23). The molecule has 0 aliphatic carbocycles. The zero-order valence-corrected chi connectivity index (χ0v) is 15.4. The fourth-order valence-corrected chi connectivity index (χ4v) is 3.47. The van der Waals surface area contributed by atoms with E-state index < -0.39 is 0 Å².